The van der Waals surface area contributed by atoms with Gasteiger partial charge >= 0.3 is 0 Å². The Labute approximate surface area is 115 Å². The second-order valence-corrected chi connectivity index (χ2v) is 5.11. The maximum absolute atomic E-state index is 11.8. The highest BCUT2D eigenvalue weighted by atomic mass is 35.5. The number of ether oxygens (including phenoxy) is 1. The minimum atomic E-state index is 0. The molecule has 0 atom stereocenters. The van der Waals surface area contributed by atoms with Gasteiger partial charge in [-0.15, -0.1) is 19.0 Å². The van der Waals surface area contributed by atoms with Crippen LogP contribution in [-0.2, 0) is 9.53 Å². The third kappa shape index (κ3) is 3.70. The van der Waals surface area contributed by atoms with Crippen LogP contribution in [0.5, 0.6) is 0 Å². The fourth-order valence-electron chi connectivity index (χ4n) is 2.77. The molecule has 4 nitrogen and oxygen atoms in total. The number of hydrogen-bond acceptors (Lipinski definition) is 3. The summed E-state index contributed by atoms with van der Waals surface area (Å²) in [5, 5.41) is 3.43. The molecule has 0 aromatic rings. The Morgan fingerprint density at radius 1 is 1.39 bits per heavy atom. The second-order valence-electron chi connectivity index (χ2n) is 5.11. The Bertz CT molecular complexity index is 281. The van der Waals surface area contributed by atoms with Crippen molar-refractivity contribution in [2.75, 3.05) is 39.4 Å². The minimum Gasteiger partial charge on any atom is -0.368 e. The Balaban J connectivity index is 0.00000162. The predicted molar refractivity (Wildman–Crippen MR) is 74.0 cm³/mol. The minimum absolute atomic E-state index is 0. The molecule has 0 aromatic heterocycles. The van der Waals surface area contributed by atoms with Crippen LogP contribution in [0.4, 0.5) is 0 Å². The SMILES string of the molecule is C=CCOCC(=O)N1CCC2(CCNC2)CC1.Cl. The molecule has 2 fully saturated rings. The second kappa shape index (κ2) is 7.12. The van der Waals surface area contributed by atoms with Crippen molar-refractivity contribution in [3.8, 4) is 0 Å². The number of nitrogens with one attached hydrogen (secondary N) is 1. The number of nitrogens with zero attached hydrogens (tertiary/aromatic N) is 1. The van der Waals surface area contributed by atoms with Gasteiger partial charge in [-0.2, -0.15) is 0 Å². The van der Waals surface area contributed by atoms with E-state index in [4.69, 9.17) is 4.74 Å². The standard InChI is InChI=1S/C13H22N2O2.ClH/c1-2-9-17-10-12(16)15-7-4-13(5-8-15)3-6-14-11-13;/h2,14H,1,3-11H2;1H. The largest absolute Gasteiger partial charge is 0.368 e. The average Bonchev–Trinajstić information content (AvgIpc) is 2.79. The molecule has 1 spiro atoms. The summed E-state index contributed by atoms with van der Waals surface area (Å²) < 4.78 is 5.19. The fraction of sp³-hybridized carbons (Fsp3) is 0.769. The smallest absolute Gasteiger partial charge is 0.248 e. The van der Waals surface area contributed by atoms with Gasteiger partial charge in [0, 0.05) is 19.6 Å². The van der Waals surface area contributed by atoms with E-state index in [2.05, 4.69) is 11.9 Å². The number of amides is 1. The molecule has 1 amide bonds. The first kappa shape index (κ1) is 15.5. The van der Waals surface area contributed by atoms with E-state index >= 15 is 0 Å². The molecule has 2 rings (SSSR count). The van der Waals surface area contributed by atoms with E-state index in [1.54, 1.807) is 6.08 Å². The molecule has 104 valence electrons. The normalized spacial score (nSPS) is 21.7. The van der Waals surface area contributed by atoms with E-state index < -0.39 is 0 Å². The average molecular weight is 275 g/mol. The quantitative estimate of drug-likeness (QED) is 0.619. The van der Waals surface area contributed by atoms with Crippen LogP contribution in [0.3, 0.4) is 0 Å². The zero-order chi connectivity index (χ0) is 12.1. The van der Waals surface area contributed by atoms with Gasteiger partial charge in [-0.05, 0) is 31.2 Å². The van der Waals surface area contributed by atoms with E-state index in [-0.39, 0.29) is 24.9 Å². The summed E-state index contributed by atoms with van der Waals surface area (Å²) in [7, 11) is 0. The van der Waals surface area contributed by atoms with Gasteiger partial charge in [0.25, 0.3) is 0 Å². The number of rotatable bonds is 4. The molecule has 1 N–H and O–H groups in total. The predicted octanol–water partition coefficient (Wildman–Crippen LogP) is 1.21. The monoisotopic (exact) mass is 274 g/mol. The van der Waals surface area contributed by atoms with Crippen LogP contribution in [0.15, 0.2) is 12.7 Å². The molecule has 18 heavy (non-hydrogen) atoms. The van der Waals surface area contributed by atoms with Crippen molar-refractivity contribution in [2.24, 2.45) is 5.41 Å². The van der Waals surface area contributed by atoms with Crippen LogP contribution in [0, 0.1) is 5.41 Å². The van der Waals surface area contributed by atoms with Crippen LogP contribution >= 0.6 is 12.4 Å². The van der Waals surface area contributed by atoms with Gasteiger partial charge in [0.05, 0.1) is 6.61 Å². The molecule has 5 heteroatoms. The van der Waals surface area contributed by atoms with Crippen molar-refractivity contribution >= 4 is 18.3 Å². The molecule has 0 aromatic carbocycles. The molecule has 0 bridgehead atoms. The van der Waals surface area contributed by atoms with Crippen LogP contribution in [0.2, 0.25) is 0 Å². The van der Waals surface area contributed by atoms with Crippen molar-refractivity contribution in [2.45, 2.75) is 19.3 Å². The Kier molecular flexibility index (Phi) is 6.12. The van der Waals surface area contributed by atoms with Crippen LogP contribution in [-0.4, -0.2) is 50.2 Å². The van der Waals surface area contributed by atoms with Gasteiger partial charge in [0.15, 0.2) is 0 Å². The van der Waals surface area contributed by atoms with E-state index in [1.807, 2.05) is 4.90 Å². The summed E-state index contributed by atoms with van der Waals surface area (Å²) in [6.45, 7) is 8.24. The lowest BCUT2D eigenvalue weighted by atomic mass is 9.78. The molecule has 0 radical (unpaired) electrons. The zero-order valence-corrected chi connectivity index (χ0v) is 11.6. The summed E-state index contributed by atoms with van der Waals surface area (Å²) >= 11 is 0. The molecule has 0 saturated carbocycles. The van der Waals surface area contributed by atoms with E-state index in [9.17, 15) is 4.79 Å². The van der Waals surface area contributed by atoms with Crippen molar-refractivity contribution in [3.63, 3.8) is 0 Å². The van der Waals surface area contributed by atoms with Gasteiger partial charge in [-0.1, -0.05) is 6.08 Å². The highest BCUT2D eigenvalue weighted by Gasteiger charge is 2.37. The van der Waals surface area contributed by atoms with E-state index in [0.29, 0.717) is 12.0 Å². The number of piperidine rings is 1. The summed E-state index contributed by atoms with van der Waals surface area (Å²) in [6, 6.07) is 0. The third-order valence-electron chi connectivity index (χ3n) is 3.97. The van der Waals surface area contributed by atoms with Crippen molar-refractivity contribution in [1.82, 2.24) is 10.2 Å². The Morgan fingerprint density at radius 2 is 2.11 bits per heavy atom. The van der Waals surface area contributed by atoms with Gasteiger partial charge in [0.1, 0.15) is 6.61 Å². The fourth-order valence-corrected chi connectivity index (χ4v) is 2.77. The topological polar surface area (TPSA) is 41.6 Å². The summed E-state index contributed by atoms with van der Waals surface area (Å²) in [5.41, 5.74) is 0.471. The van der Waals surface area contributed by atoms with Crippen molar-refractivity contribution < 1.29 is 9.53 Å². The maximum Gasteiger partial charge on any atom is 0.248 e. The first-order valence-electron chi connectivity index (χ1n) is 6.43. The van der Waals surface area contributed by atoms with Gasteiger partial charge in [0.2, 0.25) is 5.91 Å². The third-order valence-corrected chi connectivity index (χ3v) is 3.97. The maximum atomic E-state index is 11.8. The summed E-state index contributed by atoms with van der Waals surface area (Å²) in [4.78, 5) is 13.8. The van der Waals surface area contributed by atoms with Crippen LogP contribution < -0.4 is 5.32 Å². The summed E-state index contributed by atoms with van der Waals surface area (Å²) in [5.74, 6) is 0.118. The van der Waals surface area contributed by atoms with Crippen LogP contribution in [0.1, 0.15) is 19.3 Å². The highest BCUT2D eigenvalue weighted by molar-refractivity contribution is 5.85. The Morgan fingerprint density at radius 3 is 2.67 bits per heavy atom. The first-order chi connectivity index (χ1) is 8.26. The lowest BCUT2D eigenvalue weighted by Crippen LogP contribution is -2.45. The lowest BCUT2D eigenvalue weighted by Gasteiger charge is -2.38. The molecule has 0 aliphatic carbocycles. The molecule has 0 unspecified atom stereocenters. The summed E-state index contributed by atoms with van der Waals surface area (Å²) in [6.07, 6.45) is 5.20. The lowest BCUT2D eigenvalue weighted by molar-refractivity contribution is -0.137. The van der Waals surface area contributed by atoms with Gasteiger partial charge in [-0.3, -0.25) is 4.79 Å². The highest BCUT2D eigenvalue weighted by Crippen LogP contribution is 2.36. The Hall–Kier alpha value is -0.580. The van der Waals surface area contributed by atoms with E-state index in [0.717, 1.165) is 39.0 Å². The molecule has 2 heterocycles. The first-order valence-corrected chi connectivity index (χ1v) is 6.43. The number of carbonyl (C=O) groups is 1. The number of hydrogen-bond donors (Lipinski definition) is 1. The molecule has 2 saturated heterocycles. The van der Waals surface area contributed by atoms with Crippen molar-refractivity contribution in [1.29, 1.82) is 0 Å². The number of carbonyl (C=O) groups excluding carboxylic acids is 1. The molecular formula is C13H23ClN2O2. The van der Waals surface area contributed by atoms with Gasteiger partial charge in [-0.25, -0.2) is 0 Å². The zero-order valence-electron chi connectivity index (χ0n) is 10.8. The molecular weight excluding hydrogens is 252 g/mol. The van der Waals surface area contributed by atoms with Crippen LogP contribution in [0.25, 0.3) is 0 Å². The number of halogens is 1. The molecule has 2 aliphatic heterocycles. The van der Waals surface area contributed by atoms with E-state index in [1.165, 1.54) is 6.42 Å². The van der Waals surface area contributed by atoms with Crippen molar-refractivity contribution in [3.05, 3.63) is 12.7 Å². The number of likely N-dealkylation sites (tertiary alicyclic amines) is 1. The van der Waals surface area contributed by atoms with Gasteiger partial charge < -0.3 is 15.0 Å². The molecule has 2 aliphatic rings.